The van der Waals surface area contributed by atoms with Crippen molar-refractivity contribution in [2.24, 2.45) is 0 Å². The Morgan fingerprint density at radius 1 is 1.30 bits per heavy atom. The predicted octanol–water partition coefficient (Wildman–Crippen LogP) is 3.43. The van der Waals surface area contributed by atoms with Gasteiger partial charge in [-0.25, -0.2) is 0 Å². The summed E-state index contributed by atoms with van der Waals surface area (Å²) in [5.41, 5.74) is 3.36. The lowest BCUT2D eigenvalue weighted by molar-refractivity contribution is -0.114. The topological polar surface area (TPSA) is 41.1 Å². The molecule has 4 heteroatoms. The van der Waals surface area contributed by atoms with Gasteiger partial charge in [-0.1, -0.05) is 18.2 Å². The number of rotatable bonds is 6. The molecule has 1 amide bonds. The SMILES string of the molecule is CC(=O)Nc1ccccc1CNC(C)Cc1ccsc1. The summed E-state index contributed by atoms with van der Waals surface area (Å²) in [5, 5.41) is 10.7. The Kier molecular flexibility index (Phi) is 5.32. The quantitative estimate of drug-likeness (QED) is 0.855. The number of carbonyl (C=O) groups excluding carboxylic acids is 1. The van der Waals surface area contributed by atoms with Crippen molar-refractivity contribution < 1.29 is 4.79 Å². The van der Waals surface area contributed by atoms with E-state index < -0.39 is 0 Å². The van der Waals surface area contributed by atoms with Crippen LogP contribution in [0.5, 0.6) is 0 Å². The summed E-state index contributed by atoms with van der Waals surface area (Å²) >= 11 is 1.73. The Morgan fingerprint density at radius 2 is 2.10 bits per heavy atom. The molecule has 0 aliphatic rings. The fourth-order valence-electron chi connectivity index (χ4n) is 2.10. The number of thiophene rings is 1. The van der Waals surface area contributed by atoms with Gasteiger partial charge in [0, 0.05) is 25.2 Å². The highest BCUT2D eigenvalue weighted by Gasteiger charge is 2.07. The van der Waals surface area contributed by atoms with E-state index in [0.717, 1.165) is 24.2 Å². The van der Waals surface area contributed by atoms with E-state index in [0.29, 0.717) is 6.04 Å². The van der Waals surface area contributed by atoms with E-state index in [9.17, 15) is 4.79 Å². The van der Waals surface area contributed by atoms with E-state index in [2.05, 4.69) is 34.4 Å². The van der Waals surface area contributed by atoms with Crippen molar-refractivity contribution >= 4 is 22.9 Å². The van der Waals surface area contributed by atoms with E-state index in [1.807, 2.05) is 24.3 Å². The molecular weight excluding hydrogens is 268 g/mol. The lowest BCUT2D eigenvalue weighted by atomic mass is 10.1. The molecule has 0 saturated heterocycles. The first-order valence-corrected chi connectivity index (χ1v) is 7.69. The third kappa shape index (κ3) is 4.47. The lowest BCUT2D eigenvalue weighted by Crippen LogP contribution is -2.27. The van der Waals surface area contributed by atoms with Crippen molar-refractivity contribution in [3.05, 3.63) is 52.2 Å². The molecule has 3 nitrogen and oxygen atoms in total. The first-order valence-electron chi connectivity index (χ1n) is 6.75. The highest BCUT2D eigenvalue weighted by atomic mass is 32.1. The average Bonchev–Trinajstić information content (AvgIpc) is 2.90. The fraction of sp³-hybridized carbons (Fsp3) is 0.312. The molecule has 0 saturated carbocycles. The van der Waals surface area contributed by atoms with Gasteiger partial charge in [0.05, 0.1) is 0 Å². The molecule has 2 rings (SSSR count). The van der Waals surface area contributed by atoms with E-state index in [4.69, 9.17) is 0 Å². The van der Waals surface area contributed by atoms with Gasteiger partial charge in [-0.05, 0) is 47.4 Å². The monoisotopic (exact) mass is 288 g/mol. The van der Waals surface area contributed by atoms with Gasteiger partial charge in [0.15, 0.2) is 0 Å². The second-order valence-electron chi connectivity index (χ2n) is 4.96. The van der Waals surface area contributed by atoms with Gasteiger partial charge in [-0.15, -0.1) is 0 Å². The summed E-state index contributed by atoms with van der Waals surface area (Å²) in [6.45, 7) is 4.46. The van der Waals surface area contributed by atoms with Crippen molar-refractivity contribution in [1.82, 2.24) is 5.32 Å². The van der Waals surface area contributed by atoms with E-state index in [1.165, 1.54) is 12.5 Å². The van der Waals surface area contributed by atoms with Crippen LogP contribution in [0.3, 0.4) is 0 Å². The van der Waals surface area contributed by atoms with Crippen LogP contribution in [0, 0.1) is 0 Å². The number of anilines is 1. The number of benzene rings is 1. The summed E-state index contributed by atoms with van der Waals surface area (Å²) in [5.74, 6) is -0.0382. The van der Waals surface area contributed by atoms with Crippen LogP contribution in [-0.2, 0) is 17.8 Å². The predicted molar refractivity (Wildman–Crippen MR) is 85.1 cm³/mol. The summed E-state index contributed by atoms with van der Waals surface area (Å²) in [6.07, 6.45) is 1.02. The van der Waals surface area contributed by atoms with Crippen LogP contribution in [0.2, 0.25) is 0 Å². The number of hydrogen-bond donors (Lipinski definition) is 2. The smallest absolute Gasteiger partial charge is 0.221 e. The summed E-state index contributed by atoms with van der Waals surface area (Å²) < 4.78 is 0. The number of amides is 1. The van der Waals surface area contributed by atoms with Crippen LogP contribution in [0.1, 0.15) is 25.0 Å². The molecule has 0 bridgehead atoms. The number of nitrogens with one attached hydrogen (secondary N) is 2. The molecule has 106 valence electrons. The number of para-hydroxylation sites is 1. The largest absolute Gasteiger partial charge is 0.326 e. The van der Waals surface area contributed by atoms with Crippen LogP contribution >= 0.6 is 11.3 Å². The van der Waals surface area contributed by atoms with Gasteiger partial charge in [-0.2, -0.15) is 11.3 Å². The molecule has 0 fully saturated rings. The maximum absolute atomic E-state index is 11.2. The zero-order valence-electron chi connectivity index (χ0n) is 11.8. The molecule has 1 heterocycles. The molecule has 0 spiro atoms. The van der Waals surface area contributed by atoms with E-state index in [-0.39, 0.29) is 5.91 Å². The zero-order chi connectivity index (χ0) is 14.4. The first kappa shape index (κ1) is 14.8. The Morgan fingerprint density at radius 3 is 2.80 bits per heavy atom. The lowest BCUT2D eigenvalue weighted by Gasteiger charge is -2.15. The van der Waals surface area contributed by atoms with Gasteiger partial charge >= 0.3 is 0 Å². The van der Waals surface area contributed by atoms with Crippen molar-refractivity contribution in [3.8, 4) is 0 Å². The van der Waals surface area contributed by atoms with Crippen LogP contribution in [0.4, 0.5) is 5.69 Å². The molecule has 1 aromatic heterocycles. The Bertz CT molecular complexity index is 551. The van der Waals surface area contributed by atoms with Gasteiger partial charge in [0.1, 0.15) is 0 Å². The van der Waals surface area contributed by atoms with Gasteiger partial charge in [0.2, 0.25) is 5.91 Å². The van der Waals surface area contributed by atoms with E-state index in [1.54, 1.807) is 11.3 Å². The first-order chi connectivity index (χ1) is 9.65. The van der Waals surface area contributed by atoms with Crippen molar-refractivity contribution in [1.29, 1.82) is 0 Å². The minimum atomic E-state index is -0.0382. The summed E-state index contributed by atoms with van der Waals surface area (Å²) in [6, 6.07) is 10.5. The molecule has 2 aromatic rings. The Balaban J connectivity index is 1.91. The summed E-state index contributed by atoms with van der Waals surface area (Å²) in [7, 11) is 0. The fourth-order valence-corrected chi connectivity index (χ4v) is 2.79. The normalized spacial score (nSPS) is 12.1. The van der Waals surface area contributed by atoms with Crippen LogP contribution < -0.4 is 10.6 Å². The molecule has 2 N–H and O–H groups in total. The molecule has 0 aliphatic heterocycles. The minimum absolute atomic E-state index is 0.0382. The number of hydrogen-bond acceptors (Lipinski definition) is 3. The molecule has 0 radical (unpaired) electrons. The van der Waals surface area contributed by atoms with Crippen LogP contribution in [-0.4, -0.2) is 11.9 Å². The highest BCUT2D eigenvalue weighted by Crippen LogP contribution is 2.15. The maximum Gasteiger partial charge on any atom is 0.221 e. The van der Waals surface area contributed by atoms with Gasteiger partial charge < -0.3 is 10.6 Å². The zero-order valence-corrected chi connectivity index (χ0v) is 12.7. The second kappa shape index (κ2) is 7.22. The van der Waals surface area contributed by atoms with Crippen LogP contribution in [0.15, 0.2) is 41.1 Å². The van der Waals surface area contributed by atoms with Crippen molar-refractivity contribution in [3.63, 3.8) is 0 Å². The molecule has 0 aliphatic carbocycles. The maximum atomic E-state index is 11.2. The molecule has 1 atom stereocenters. The minimum Gasteiger partial charge on any atom is -0.326 e. The van der Waals surface area contributed by atoms with E-state index >= 15 is 0 Å². The van der Waals surface area contributed by atoms with Gasteiger partial charge in [0.25, 0.3) is 0 Å². The highest BCUT2D eigenvalue weighted by molar-refractivity contribution is 7.07. The van der Waals surface area contributed by atoms with Gasteiger partial charge in [-0.3, -0.25) is 4.79 Å². The molecular formula is C16H20N2OS. The third-order valence-corrected chi connectivity index (χ3v) is 3.82. The average molecular weight is 288 g/mol. The molecule has 1 unspecified atom stereocenters. The van der Waals surface area contributed by atoms with Crippen molar-refractivity contribution in [2.75, 3.05) is 5.32 Å². The standard InChI is InChI=1S/C16H20N2OS/c1-12(9-14-7-8-20-11-14)17-10-15-5-3-4-6-16(15)18-13(2)19/h3-8,11-12,17H,9-10H2,1-2H3,(H,18,19). The Hall–Kier alpha value is -1.65. The molecule has 1 aromatic carbocycles. The Labute approximate surface area is 124 Å². The molecule has 20 heavy (non-hydrogen) atoms. The van der Waals surface area contributed by atoms with Crippen molar-refractivity contribution in [2.45, 2.75) is 32.9 Å². The van der Waals surface area contributed by atoms with Crippen LogP contribution in [0.25, 0.3) is 0 Å². The summed E-state index contributed by atoms with van der Waals surface area (Å²) in [4.78, 5) is 11.2. The third-order valence-electron chi connectivity index (χ3n) is 3.09. The number of carbonyl (C=O) groups is 1. The second-order valence-corrected chi connectivity index (χ2v) is 5.74.